The molecule has 2 aromatic carbocycles. The van der Waals surface area contributed by atoms with Crippen LogP contribution in [0.5, 0.6) is 0 Å². The van der Waals surface area contributed by atoms with Crippen molar-refractivity contribution in [3.05, 3.63) is 42.0 Å². The molecule has 3 heteroatoms. The zero-order chi connectivity index (χ0) is 13.6. The Balaban J connectivity index is 2.43. The summed E-state index contributed by atoms with van der Waals surface area (Å²) in [5.74, 6) is 0.296. The van der Waals surface area contributed by atoms with Gasteiger partial charge in [0.05, 0.1) is 6.07 Å². The Hall–Kier alpha value is -2.29. The molecule has 0 amide bonds. The number of para-hydroxylation sites is 1. The van der Waals surface area contributed by atoms with Crippen molar-refractivity contribution < 1.29 is 14.4 Å². The van der Waals surface area contributed by atoms with E-state index in [0.717, 1.165) is 32.2 Å². The lowest BCUT2D eigenvalue weighted by Crippen LogP contribution is -2.00. The van der Waals surface area contributed by atoms with Gasteiger partial charge < -0.3 is 4.42 Å². The van der Waals surface area contributed by atoms with Crippen LogP contribution in [0.2, 0.25) is 0 Å². The molecule has 3 rings (SSSR count). The number of hydrogen-bond donors (Lipinski definition) is 1. The average Bonchev–Trinajstić information content (AvgIpc) is 2.74. The molecule has 96 valence electrons. The standard InChI is InChI=1S/C16H16NO2/c1-10(2)12-8-13-11-6-4-5-7-15(11)19-16(13)9-14(12)17(3)18/h4-10,18H,3H2,1-2H3/q+1. The predicted molar refractivity (Wildman–Crippen MR) is 76.6 cm³/mol. The van der Waals surface area contributed by atoms with E-state index in [1.165, 1.54) is 0 Å². The highest BCUT2D eigenvalue weighted by Crippen LogP contribution is 2.35. The molecule has 1 N–H and O–H groups in total. The zero-order valence-corrected chi connectivity index (χ0v) is 11.1. The Morgan fingerprint density at radius 2 is 1.84 bits per heavy atom. The van der Waals surface area contributed by atoms with Crippen LogP contribution in [0.25, 0.3) is 21.9 Å². The van der Waals surface area contributed by atoms with Gasteiger partial charge >= 0.3 is 0 Å². The van der Waals surface area contributed by atoms with Crippen LogP contribution in [0, 0.1) is 0 Å². The first-order valence-electron chi connectivity index (χ1n) is 6.32. The van der Waals surface area contributed by atoms with Gasteiger partial charge in [0.25, 0.3) is 5.69 Å². The molecule has 3 nitrogen and oxygen atoms in total. The number of fused-ring (bicyclic) bond motifs is 3. The molecule has 0 aliphatic heterocycles. The summed E-state index contributed by atoms with van der Waals surface area (Å²) >= 11 is 0. The van der Waals surface area contributed by atoms with Gasteiger partial charge in [0.15, 0.2) is 6.72 Å². The Morgan fingerprint density at radius 3 is 2.53 bits per heavy atom. The Labute approximate surface area is 111 Å². The minimum Gasteiger partial charge on any atom is -0.456 e. The first-order chi connectivity index (χ1) is 9.08. The van der Waals surface area contributed by atoms with Crippen molar-refractivity contribution in [2.75, 3.05) is 0 Å². The maximum atomic E-state index is 9.67. The van der Waals surface area contributed by atoms with E-state index in [2.05, 4.69) is 26.6 Å². The third-order valence-corrected chi connectivity index (χ3v) is 3.43. The smallest absolute Gasteiger partial charge is 0.263 e. The molecule has 0 atom stereocenters. The Bertz CT molecular complexity index is 784. The fourth-order valence-electron chi connectivity index (χ4n) is 2.46. The molecule has 0 unspecified atom stereocenters. The van der Waals surface area contributed by atoms with Gasteiger partial charge in [0.1, 0.15) is 11.2 Å². The van der Waals surface area contributed by atoms with E-state index in [4.69, 9.17) is 4.42 Å². The molecule has 0 aliphatic rings. The quantitative estimate of drug-likeness (QED) is 0.317. The van der Waals surface area contributed by atoms with E-state index in [9.17, 15) is 5.21 Å². The van der Waals surface area contributed by atoms with Crippen LogP contribution in [0.15, 0.2) is 40.8 Å². The molecule has 0 saturated carbocycles. The number of benzene rings is 2. The molecule has 0 aliphatic carbocycles. The summed E-state index contributed by atoms with van der Waals surface area (Å²) in [6.45, 7) is 7.75. The van der Waals surface area contributed by atoms with Crippen LogP contribution in [0.4, 0.5) is 5.69 Å². The summed E-state index contributed by atoms with van der Waals surface area (Å²) in [7, 11) is 0. The van der Waals surface area contributed by atoms with Gasteiger partial charge in [0.2, 0.25) is 0 Å². The number of hydrogen-bond acceptors (Lipinski definition) is 2. The molecule has 0 saturated heterocycles. The molecule has 1 heterocycles. The van der Waals surface area contributed by atoms with Crippen molar-refractivity contribution in [2.45, 2.75) is 19.8 Å². The lowest BCUT2D eigenvalue weighted by molar-refractivity contribution is -0.706. The van der Waals surface area contributed by atoms with Crippen LogP contribution in [0.3, 0.4) is 0 Å². The second kappa shape index (κ2) is 4.12. The van der Waals surface area contributed by atoms with Crippen LogP contribution >= 0.6 is 0 Å². The lowest BCUT2D eigenvalue weighted by Gasteiger charge is -2.06. The van der Waals surface area contributed by atoms with Gasteiger partial charge in [-0.25, -0.2) is 0 Å². The van der Waals surface area contributed by atoms with E-state index in [-0.39, 0.29) is 0 Å². The van der Waals surface area contributed by atoms with Crippen LogP contribution in [0.1, 0.15) is 25.3 Å². The van der Waals surface area contributed by atoms with E-state index < -0.39 is 0 Å². The van der Waals surface area contributed by atoms with E-state index in [1.54, 1.807) is 0 Å². The van der Waals surface area contributed by atoms with Crippen molar-refractivity contribution in [1.29, 1.82) is 0 Å². The summed E-state index contributed by atoms with van der Waals surface area (Å²) in [5, 5.41) is 11.8. The second-order valence-electron chi connectivity index (χ2n) is 5.06. The van der Waals surface area contributed by atoms with Crippen molar-refractivity contribution in [1.82, 2.24) is 0 Å². The summed E-state index contributed by atoms with van der Waals surface area (Å²) in [5.41, 5.74) is 3.36. The maximum absolute atomic E-state index is 9.67. The lowest BCUT2D eigenvalue weighted by atomic mass is 9.98. The molecule has 3 aromatic rings. The molecular weight excluding hydrogens is 238 g/mol. The highest BCUT2D eigenvalue weighted by Gasteiger charge is 2.19. The molecule has 19 heavy (non-hydrogen) atoms. The molecule has 0 bridgehead atoms. The van der Waals surface area contributed by atoms with Gasteiger partial charge in [-0.1, -0.05) is 32.0 Å². The molecule has 0 fully saturated rings. The minimum atomic E-state index is 0.296. The maximum Gasteiger partial charge on any atom is 0.263 e. The van der Waals surface area contributed by atoms with Crippen LogP contribution in [-0.4, -0.2) is 16.7 Å². The average molecular weight is 254 g/mol. The van der Waals surface area contributed by atoms with Crippen molar-refractivity contribution in [3.8, 4) is 0 Å². The molecular formula is C16H16NO2+. The van der Waals surface area contributed by atoms with E-state index in [0.29, 0.717) is 11.6 Å². The molecule has 0 radical (unpaired) electrons. The van der Waals surface area contributed by atoms with Gasteiger partial charge in [-0.3, -0.25) is 5.21 Å². The van der Waals surface area contributed by atoms with Gasteiger partial charge in [0, 0.05) is 21.1 Å². The van der Waals surface area contributed by atoms with Crippen molar-refractivity contribution >= 4 is 34.3 Å². The number of furan rings is 1. The Kier molecular flexibility index (Phi) is 2.56. The Morgan fingerprint density at radius 1 is 1.11 bits per heavy atom. The number of nitrogens with zero attached hydrogens (tertiary/aromatic N) is 1. The summed E-state index contributed by atoms with van der Waals surface area (Å²) in [6, 6.07) is 11.9. The monoisotopic (exact) mass is 254 g/mol. The minimum absolute atomic E-state index is 0.296. The largest absolute Gasteiger partial charge is 0.456 e. The van der Waals surface area contributed by atoms with Crippen molar-refractivity contribution in [3.63, 3.8) is 0 Å². The summed E-state index contributed by atoms with van der Waals surface area (Å²) < 4.78 is 6.72. The fourth-order valence-corrected chi connectivity index (χ4v) is 2.46. The zero-order valence-electron chi connectivity index (χ0n) is 11.1. The second-order valence-corrected chi connectivity index (χ2v) is 5.06. The van der Waals surface area contributed by atoms with Crippen LogP contribution in [-0.2, 0) is 0 Å². The topological polar surface area (TPSA) is 36.4 Å². The first kappa shape index (κ1) is 11.8. The summed E-state index contributed by atoms with van der Waals surface area (Å²) in [6.07, 6.45) is 0. The predicted octanol–water partition coefficient (Wildman–Crippen LogP) is 4.44. The first-order valence-corrected chi connectivity index (χ1v) is 6.32. The van der Waals surface area contributed by atoms with E-state index in [1.807, 2.05) is 30.3 Å². The third kappa shape index (κ3) is 1.78. The molecule has 1 aromatic heterocycles. The van der Waals surface area contributed by atoms with Crippen LogP contribution < -0.4 is 0 Å². The number of rotatable bonds is 2. The highest BCUT2D eigenvalue weighted by atomic mass is 16.5. The van der Waals surface area contributed by atoms with Gasteiger partial charge in [-0.15, -0.1) is 0 Å². The summed E-state index contributed by atoms with van der Waals surface area (Å²) in [4.78, 5) is 0. The van der Waals surface area contributed by atoms with E-state index >= 15 is 0 Å². The SMILES string of the molecule is C=[N+](O)c1cc2oc3ccccc3c2cc1C(C)C. The van der Waals surface area contributed by atoms with Gasteiger partial charge in [-0.2, -0.15) is 0 Å². The molecule has 0 spiro atoms. The fraction of sp³-hybridized carbons (Fsp3) is 0.188. The highest BCUT2D eigenvalue weighted by molar-refractivity contribution is 6.05. The normalized spacial score (nSPS) is 11.5. The van der Waals surface area contributed by atoms with Gasteiger partial charge in [-0.05, 0) is 18.1 Å². The van der Waals surface area contributed by atoms with Crippen molar-refractivity contribution in [2.24, 2.45) is 0 Å². The third-order valence-electron chi connectivity index (χ3n) is 3.43.